The fourth-order valence-electron chi connectivity index (χ4n) is 4.30. The molecule has 0 bridgehead atoms. The molecule has 0 spiro atoms. The second kappa shape index (κ2) is 9.77. The molecule has 0 aliphatic rings. The molecule has 0 aliphatic heterocycles. The molecule has 0 fully saturated rings. The first-order valence-electron chi connectivity index (χ1n) is 10.8. The van der Waals surface area contributed by atoms with Crippen molar-refractivity contribution in [3.8, 4) is 38.1 Å². The molecular formula is C26H24O6S3. The topological polar surface area (TPSA) is 88.4 Å². The minimum Gasteiger partial charge on any atom is -0.497 e. The van der Waals surface area contributed by atoms with E-state index in [1.807, 2.05) is 24.3 Å². The Balaban J connectivity index is 1.66. The van der Waals surface area contributed by atoms with Gasteiger partial charge in [0.1, 0.15) is 17.2 Å². The first kappa shape index (κ1) is 24.1. The lowest BCUT2D eigenvalue weighted by Gasteiger charge is -2.13. The molecule has 182 valence electrons. The number of hydrogen-bond acceptors (Lipinski definition) is 9. The monoisotopic (exact) mass is 528 g/mol. The van der Waals surface area contributed by atoms with Gasteiger partial charge in [-0.1, -0.05) is 0 Å². The molecule has 0 amide bonds. The van der Waals surface area contributed by atoms with Crippen molar-refractivity contribution < 1.29 is 29.5 Å². The first-order chi connectivity index (χ1) is 17.0. The van der Waals surface area contributed by atoms with Gasteiger partial charge >= 0.3 is 0 Å². The van der Waals surface area contributed by atoms with E-state index in [1.54, 1.807) is 55.3 Å². The highest BCUT2D eigenvalue weighted by Crippen LogP contribution is 2.51. The summed E-state index contributed by atoms with van der Waals surface area (Å²) in [6.45, 7) is -0.387. The van der Waals surface area contributed by atoms with Gasteiger partial charge in [-0.3, -0.25) is 0 Å². The number of ether oxygens (including phenoxy) is 3. The van der Waals surface area contributed by atoms with Crippen molar-refractivity contribution in [1.82, 2.24) is 0 Å². The molecule has 6 nitrogen and oxygen atoms in total. The minimum atomic E-state index is -0.146. The van der Waals surface area contributed by atoms with E-state index in [0.717, 1.165) is 42.3 Å². The van der Waals surface area contributed by atoms with E-state index >= 15 is 0 Å². The number of aliphatic hydroxyl groups is 3. The fourth-order valence-corrected chi connectivity index (χ4v) is 8.49. The number of methoxy groups -OCH3 is 3. The van der Waals surface area contributed by atoms with Crippen LogP contribution in [0.4, 0.5) is 0 Å². The van der Waals surface area contributed by atoms with Crippen LogP contribution in [0.2, 0.25) is 0 Å². The van der Waals surface area contributed by atoms with Crippen LogP contribution in [0.1, 0.15) is 16.7 Å². The molecular weight excluding hydrogens is 504 g/mol. The van der Waals surface area contributed by atoms with Crippen LogP contribution in [0.25, 0.3) is 39.7 Å². The van der Waals surface area contributed by atoms with Crippen molar-refractivity contribution in [3.63, 3.8) is 0 Å². The zero-order chi connectivity index (χ0) is 24.7. The third kappa shape index (κ3) is 4.08. The maximum atomic E-state index is 10.0. The van der Waals surface area contributed by atoms with Gasteiger partial charge in [0.05, 0.1) is 56.1 Å². The predicted molar refractivity (Wildman–Crippen MR) is 143 cm³/mol. The Morgan fingerprint density at radius 2 is 1.11 bits per heavy atom. The molecule has 0 unspecified atom stereocenters. The Kier molecular flexibility index (Phi) is 6.71. The maximum absolute atomic E-state index is 10.0. The van der Waals surface area contributed by atoms with Gasteiger partial charge in [0.2, 0.25) is 0 Å². The van der Waals surface area contributed by atoms with Crippen LogP contribution in [-0.4, -0.2) is 36.6 Å². The van der Waals surface area contributed by atoms with Crippen molar-refractivity contribution in [1.29, 1.82) is 0 Å². The van der Waals surface area contributed by atoms with E-state index in [2.05, 4.69) is 12.1 Å². The van der Waals surface area contributed by atoms with Crippen LogP contribution in [-0.2, 0) is 19.8 Å². The Morgan fingerprint density at radius 3 is 1.54 bits per heavy atom. The Morgan fingerprint density at radius 1 is 0.600 bits per heavy atom. The standard InChI is InChI=1S/C26H24O6S3/c1-30-16-6-14(11-28)23(15(7-16)12-29)19-8-21-25(34-19)26-22(33-21)9-20(35-26)24-17(31-2)4-13(10-27)5-18(24)32-3/h4-9,27-29H,10-12H2,1-3H3. The molecule has 3 heterocycles. The normalized spacial score (nSPS) is 11.5. The summed E-state index contributed by atoms with van der Waals surface area (Å²) in [5.41, 5.74) is 3.90. The van der Waals surface area contributed by atoms with Gasteiger partial charge in [-0.2, -0.15) is 0 Å². The Bertz CT molecular complexity index is 1360. The van der Waals surface area contributed by atoms with Gasteiger partial charge in [0, 0.05) is 24.7 Å². The lowest BCUT2D eigenvalue weighted by atomic mass is 9.99. The molecule has 0 saturated heterocycles. The third-order valence-corrected chi connectivity index (χ3v) is 9.73. The smallest absolute Gasteiger partial charge is 0.131 e. The quantitative estimate of drug-likeness (QED) is 0.228. The largest absolute Gasteiger partial charge is 0.497 e. The highest BCUT2D eigenvalue weighted by atomic mass is 32.1. The summed E-state index contributed by atoms with van der Waals surface area (Å²) in [5.74, 6) is 1.92. The second-order valence-corrected chi connectivity index (χ2v) is 11.1. The van der Waals surface area contributed by atoms with E-state index in [9.17, 15) is 15.3 Å². The Hall–Kier alpha value is -2.66. The average molecular weight is 529 g/mol. The molecule has 0 radical (unpaired) electrons. The van der Waals surface area contributed by atoms with Crippen LogP contribution < -0.4 is 14.2 Å². The summed E-state index contributed by atoms with van der Waals surface area (Å²) < 4.78 is 21.3. The third-order valence-electron chi connectivity index (χ3n) is 5.91. The number of fused-ring (bicyclic) bond motifs is 3. The number of aliphatic hydroxyl groups excluding tert-OH is 3. The van der Waals surface area contributed by atoms with Gasteiger partial charge in [-0.05, 0) is 53.1 Å². The summed E-state index contributed by atoms with van der Waals surface area (Å²) in [5, 5.41) is 29.6. The van der Waals surface area contributed by atoms with E-state index in [0.29, 0.717) is 17.2 Å². The van der Waals surface area contributed by atoms with Crippen LogP contribution in [0.15, 0.2) is 36.4 Å². The summed E-state index contributed by atoms with van der Waals surface area (Å²) in [4.78, 5) is 2.03. The van der Waals surface area contributed by atoms with Crippen LogP contribution >= 0.6 is 34.0 Å². The van der Waals surface area contributed by atoms with Gasteiger partial charge in [0.15, 0.2) is 0 Å². The molecule has 9 heteroatoms. The number of hydrogen-bond donors (Lipinski definition) is 3. The summed E-state index contributed by atoms with van der Waals surface area (Å²) in [7, 11) is 4.81. The molecule has 3 N–H and O–H groups in total. The average Bonchev–Trinajstić information content (AvgIpc) is 3.57. The SMILES string of the molecule is COc1cc(CO)c(-c2cc3sc4cc(-c5c(OC)cc(CO)cc5OC)sc4c3s2)c(CO)c1. The molecule has 5 aromatic rings. The van der Waals surface area contributed by atoms with Gasteiger partial charge < -0.3 is 29.5 Å². The molecule has 0 aliphatic carbocycles. The molecule has 35 heavy (non-hydrogen) atoms. The van der Waals surface area contributed by atoms with Crippen molar-refractivity contribution in [2.45, 2.75) is 19.8 Å². The van der Waals surface area contributed by atoms with E-state index in [-0.39, 0.29) is 19.8 Å². The highest BCUT2D eigenvalue weighted by Gasteiger charge is 2.22. The predicted octanol–water partition coefficient (Wildman–Crippen LogP) is 6.01. The van der Waals surface area contributed by atoms with Crippen molar-refractivity contribution in [2.75, 3.05) is 21.3 Å². The summed E-state index contributed by atoms with van der Waals surface area (Å²) in [6, 6.07) is 11.6. The molecule has 2 aromatic carbocycles. The molecule has 0 atom stereocenters. The van der Waals surface area contributed by atoms with Crippen LogP contribution in [0.3, 0.4) is 0 Å². The maximum Gasteiger partial charge on any atom is 0.131 e. The molecule has 3 aromatic heterocycles. The minimum absolute atomic E-state index is 0.0951. The first-order valence-corrected chi connectivity index (χ1v) is 13.2. The number of thiophene rings is 3. The van der Waals surface area contributed by atoms with Crippen molar-refractivity contribution in [3.05, 3.63) is 53.1 Å². The number of rotatable bonds is 8. The summed E-state index contributed by atoms with van der Waals surface area (Å²) in [6.07, 6.45) is 0. The van der Waals surface area contributed by atoms with E-state index in [1.165, 1.54) is 14.1 Å². The van der Waals surface area contributed by atoms with Gasteiger partial charge in [-0.25, -0.2) is 0 Å². The van der Waals surface area contributed by atoms with Gasteiger partial charge in [0.25, 0.3) is 0 Å². The van der Waals surface area contributed by atoms with Crippen LogP contribution in [0.5, 0.6) is 17.2 Å². The fraction of sp³-hybridized carbons (Fsp3) is 0.231. The van der Waals surface area contributed by atoms with E-state index < -0.39 is 0 Å². The highest BCUT2D eigenvalue weighted by molar-refractivity contribution is 7.40. The molecule has 5 rings (SSSR count). The lowest BCUT2D eigenvalue weighted by Crippen LogP contribution is -1.97. The lowest BCUT2D eigenvalue weighted by molar-refractivity contribution is 0.275. The van der Waals surface area contributed by atoms with Gasteiger partial charge in [-0.15, -0.1) is 34.0 Å². The summed E-state index contributed by atoms with van der Waals surface area (Å²) >= 11 is 5.04. The van der Waals surface area contributed by atoms with Crippen molar-refractivity contribution in [2.24, 2.45) is 0 Å². The Labute approximate surface area is 214 Å². The zero-order valence-corrected chi connectivity index (χ0v) is 21.8. The van der Waals surface area contributed by atoms with Crippen LogP contribution in [0, 0.1) is 0 Å². The molecule has 0 saturated carbocycles. The second-order valence-electron chi connectivity index (χ2n) is 7.88. The van der Waals surface area contributed by atoms with E-state index in [4.69, 9.17) is 14.2 Å². The zero-order valence-electron chi connectivity index (χ0n) is 19.4. The number of benzene rings is 2. The van der Waals surface area contributed by atoms with Crippen molar-refractivity contribution >= 4 is 52.8 Å².